The number of esters is 1. The van der Waals surface area contributed by atoms with Gasteiger partial charge in [-0.3, -0.25) is 14.3 Å². The van der Waals surface area contributed by atoms with Gasteiger partial charge in [0.1, 0.15) is 5.69 Å². The Kier molecular flexibility index (Phi) is 4.65. The number of aromatic nitrogens is 2. The molecule has 0 spiro atoms. The first kappa shape index (κ1) is 15.5. The monoisotopic (exact) mass is 293 g/mol. The molecule has 1 amide bonds. The molecule has 0 radical (unpaired) electrons. The van der Waals surface area contributed by atoms with Crippen LogP contribution in [0.15, 0.2) is 6.07 Å². The Bertz CT molecular complexity index is 538. The molecular formula is C15H23N3O3. The highest BCUT2D eigenvalue weighted by molar-refractivity contribution is 5.93. The molecule has 2 heterocycles. The Morgan fingerprint density at radius 1 is 1.38 bits per heavy atom. The number of hydrogen-bond donors (Lipinski definition) is 0. The van der Waals surface area contributed by atoms with Crippen LogP contribution in [-0.4, -0.2) is 46.8 Å². The van der Waals surface area contributed by atoms with Crippen LogP contribution in [0.5, 0.6) is 0 Å². The first-order chi connectivity index (χ1) is 10.0. The maximum atomic E-state index is 12.7. The van der Waals surface area contributed by atoms with Gasteiger partial charge >= 0.3 is 5.97 Å². The van der Waals surface area contributed by atoms with E-state index in [9.17, 15) is 9.59 Å². The molecule has 1 aliphatic heterocycles. The number of rotatable bonds is 4. The highest BCUT2D eigenvalue weighted by Gasteiger charge is 2.38. The third-order valence-electron chi connectivity index (χ3n) is 4.11. The van der Waals surface area contributed by atoms with Gasteiger partial charge in [-0.25, -0.2) is 0 Å². The minimum atomic E-state index is -0.240. The molecule has 0 N–H and O–H groups in total. The van der Waals surface area contributed by atoms with Crippen molar-refractivity contribution in [2.24, 2.45) is 11.8 Å². The van der Waals surface area contributed by atoms with Crippen molar-refractivity contribution in [2.45, 2.75) is 33.7 Å². The van der Waals surface area contributed by atoms with Crippen molar-refractivity contribution in [3.8, 4) is 0 Å². The van der Waals surface area contributed by atoms with E-state index >= 15 is 0 Å². The summed E-state index contributed by atoms with van der Waals surface area (Å²) >= 11 is 0. The van der Waals surface area contributed by atoms with Crippen LogP contribution in [0, 0.1) is 11.8 Å². The van der Waals surface area contributed by atoms with E-state index in [0.717, 1.165) is 12.1 Å². The lowest BCUT2D eigenvalue weighted by Gasteiger charge is -2.16. The Labute approximate surface area is 125 Å². The normalized spacial score (nSPS) is 21.6. The lowest BCUT2D eigenvalue weighted by Crippen LogP contribution is -2.31. The minimum Gasteiger partial charge on any atom is -0.469 e. The number of ether oxygens (including phenoxy) is 1. The summed E-state index contributed by atoms with van der Waals surface area (Å²) in [6.45, 7) is 7.61. The third kappa shape index (κ3) is 2.94. The molecular weight excluding hydrogens is 270 g/mol. The summed E-state index contributed by atoms with van der Waals surface area (Å²) in [5.74, 6) is -0.411. The van der Waals surface area contributed by atoms with Gasteiger partial charge in [0.2, 0.25) is 0 Å². The van der Waals surface area contributed by atoms with Crippen molar-refractivity contribution in [3.63, 3.8) is 0 Å². The van der Waals surface area contributed by atoms with Crippen LogP contribution in [-0.2, 0) is 22.5 Å². The van der Waals surface area contributed by atoms with Crippen molar-refractivity contribution < 1.29 is 14.3 Å². The number of amides is 1. The van der Waals surface area contributed by atoms with Crippen molar-refractivity contribution >= 4 is 11.9 Å². The van der Waals surface area contributed by atoms with Gasteiger partial charge in [-0.2, -0.15) is 5.10 Å². The van der Waals surface area contributed by atoms with Crippen LogP contribution < -0.4 is 0 Å². The van der Waals surface area contributed by atoms with E-state index in [1.165, 1.54) is 7.11 Å². The summed E-state index contributed by atoms with van der Waals surface area (Å²) in [7, 11) is 1.39. The van der Waals surface area contributed by atoms with Gasteiger partial charge in [0.15, 0.2) is 0 Å². The highest BCUT2D eigenvalue weighted by Crippen LogP contribution is 2.25. The maximum absolute atomic E-state index is 12.7. The quantitative estimate of drug-likeness (QED) is 0.786. The second kappa shape index (κ2) is 6.28. The first-order valence-corrected chi connectivity index (χ1v) is 7.45. The number of carbonyl (C=O) groups excluding carboxylic acids is 2. The summed E-state index contributed by atoms with van der Waals surface area (Å²) in [5.41, 5.74) is 1.52. The van der Waals surface area contributed by atoms with Crippen LogP contribution in [0.1, 0.15) is 37.0 Å². The molecule has 2 rings (SSSR count). The fraction of sp³-hybridized carbons (Fsp3) is 0.667. The minimum absolute atomic E-state index is 0.0534. The maximum Gasteiger partial charge on any atom is 0.310 e. The summed E-state index contributed by atoms with van der Waals surface area (Å²) in [5, 5.41) is 4.41. The number of carbonyl (C=O) groups is 2. The van der Waals surface area contributed by atoms with E-state index in [1.807, 2.05) is 26.8 Å². The molecule has 0 saturated carbocycles. The van der Waals surface area contributed by atoms with E-state index in [0.29, 0.717) is 25.3 Å². The molecule has 6 heteroatoms. The van der Waals surface area contributed by atoms with Crippen molar-refractivity contribution in [2.75, 3.05) is 20.2 Å². The molecule has 0 bridgehead atoms. The highest BCUT2D eigenvalue weighted by atomic mass is 16.5. The molecule has 1 aromatic heterocycles. The standard InChI is InChI=1S/C15H23N3O3/c1-5-11-7-13(18(6-2)16-11)14(19)17-8-10(3)12(9-17)15(20)21-4/h7,10,12H,5-6,8-9H2,1-4H3. The molecule has 21 heavy (non-hydrogen) atoms. The van der Waals surface area contributed by atoms with Gasteiger partial charge < -0.3 is 9.64 Å². The molecule has 0 aliphatic carbocycles. The Morgan fingerprint density at radius 3 is 2.67 bits per heavy atom. The van der Waals surface area contributed by atoms with E-state index in [4.69, 9.17) is 4.74 Å². The van der Waals surface area contributed by atoms with E-state index in [2.05, 4.69) is 5.10 Å². The Hall–Kier alpha value is -1.85. The van der Waals surface area contributed by atoms with Gasteiger partial charge in [-0.05, 0) is 25.3 Å². The van der Waals surface area contributed by atoms with Crippen LogP contribution in [0.4, 0.5) is 0 Å². The summed E-state index contributed by atoms with van der Waals surface area (Å²) < 4.78 is 6.54. The van der Waals surface area contributed by atoms with E-state index in [1.54, 1.807) is 9.58 Å². The number of methoxy groups -OCH3 is 1. The second-order valence-corrected chi connectivity index (χ2v) is 5.51. The fourth-order valence-corrected chi connectivity index (χ4v) is 2.81. The van der Waals surface area contributed by atoms with Crippen molar-refractivity contribution in [1.82, 2.24) is 14.7 Å². The van der Waals surface area contributed by atoms with Gasteiger partial charge in [0.05, 0.1) is 18.7 Å². The zero-order valence-corrected chi connectivity index (χ0v) is 13.1. The largest absolute Gasteiger partial charge is 0.469 e. The van der Waals surface area contributed by atoms with Gasteiger partial charge in [-0.15, -0.1) is 0 Å². The Balaban J connectivity index is 2.18. The van der Waals surface area contributed by atoms with E-state index in [-0.39, 0.29) is 23.7 Å². The lowest BCUT2D eigenvalue weighted by atomic mass is 9.99. The Morgan fingerprint density at radius 2 is 2.10 bits per heavy atom. The summed E-state index contributed by atoms with van der Waals surface area (Å²) in [6, 6.07) is 1.85. The third-order valence-corrected chi connectivity index (χ3v) is 4.11. The molecule has 0 aromatic carbocycles. The average Bonchev–Trinajstić information content (AvgIpc) is 3.08. The smallest absolute Gasteiger partial charge is 0.310 e. The lowest BCUT2D eigenvalue weighted by molar-refractivity contribution is -0.146. The number of likely N-dealkylation sites (tertiary alicyclic amines) is 1. The molecule has 6 nitrogen and oxygen atoms in total. The molecule has 1 aromatic rings. The molecule has 1 fully saturated rings. The molecule has 2 atom stereocenters. The number of hydrogen-bond acceptors (Lipinski definition) is 4. The SMILES string of the molecule is CCc1cc(C(=O)N2CC(C)C(C(=O)OC)C2)n(CC)n1. The predicted octanol–water partition coefficient (Wildman–Crippen LogP) is 1.35. The zero-order chi connectivity index (χ0) is 15.6. The number of nitrogens with zero attached hydrogens (tertiary/aromatic N) is 3. The predicted molar refractivity (Wildman–Crippen MR) is 77.9 cm³/mol. The summed E-state index contributed by atoms with van der Waals surface area (Å²) in [4.78, 5) is 26.1. The molecule has 116 valence electrons. The van der Waals surface area contributed by atoms with Gasteiger partial charge in [-0.1, -0.05) is 13.8 Å². The fourth-order valence-electron chi connectivity index (χ4n) is 2.81. The first-order valence-electron chi connectivity index (χ1n) is 7.45. The van der Waals surface area contributed by atoms with Crippen molar-refractivity contribution in [3.05, 3.63) is 17.5 Å². The van der Waals surface area contributed by atoms with Crippen molar-refractivity contribution in [1.29, 1.82) is 0 Å². The summed E-state index contributed by atoms with van der Waals surface area (Å²) in [6.07, 6.45) is 0.800. The van der Waals surface area contributed by atoms with Crippen LogP contribution >= 0.6 is 0 Å². The molecule has 2 unspecified atom stereocenters. The zero-order valence-electron chi connectivity index (χ0n) is 13.1. The topological polar surface area (TPSA) is 64.4 Å². The second-order valence-electron chi connectivity index (χ2n) is 5.51. The van der Waals surface area contributed by atoms with E-state index < -0.39 is 0 Å². The van der Waals surface area contributed by atoms with Gasteiger partial charge in [0, 0.05) is 19.6 Å². The molecule has 1 saturated heterocycles. The van der Waals surface area contributed by atoms with Crippen LogP contribution in [0.25, 0.3) is 0 Å². The number of aryl methyl sites for hydroxylation is 2. The molecule has 1 aliphatic rings. The van der Waals surface area contributed by atoms with Crippen LogP contribution in [0.2, 0.25) is 0 Å². The van der Waals surface area contributed by atoms with Gasteiger partial charge in [0.25, 0.3) is 5.91 Å². The van der Waals surface area contributed by atoms with Crippen LogP contribution in [0.3, 0.4) is 0 Å². The average molecular weight is 293 g/mol.